The minimum atomic E-state index is -0.0919. The van der Waals surface area contributed by atoms with E-state index in [9.17, 15) is 9.59 Å². The van der Waals surface area contributed by atoms with Gasteiger partial charge in [-0.05, 0) is 40.0 Å². The number of thiazole rings is 1. The first-order chi connectivity index (χ1) is 12.5. The summed E-state index contributed by atoms with van der Waals surface area (Å²) in [6.45, 7) is 6.18. The van der Waals surface area contributed by atoms with E-state index in [1.54, 1.807) is 12.4 Å². The van der Waals surface area contributed by atoms with Crippen LogP contribution < -0.4 is 5.56 Å². The number of nitrogens with one attached hydrogen (secondary N) is 1. The lowest BCUT2D eigenvalue weighted by molar-refractivity contribution is 0.0610. The number of aromatic nitrogens is 4. The first-order valence-corrected chi connectivity index (χ1v) is 9.65. The van der Waals surface area contributed by atoms with Gasteiger partial charge in [-0.2, -0.15) is 0 Å². The molecule has 26 heavy (non-hydrogen) atoms. The van der Waals surface area contributed by atoms with Gasteiger partial charge in [-0.3, -0.25) is 14.7 Å². The lowest BCUT2D eigenvalue weighted by Crippen LogP contribution is -2.38. The Morgan fingerprint density at radius 3 is 2.81 bits per heavy atom. The average molecular weight is 371 g/mol. The van der Waals surface area contributed by atoms with Gasteiger partial charge >= 0.3 is 0 Å². The van der Waals surface area contributed by atoms with Gasteiger partial charge in [0.2, 0.25) is 0 Å². The second kappa shape index (κ2) is 6.35. The van der Waals surface area contributed by atoms with Gasteiger partial charge in [-0.25, -0.2) is 14.5 Å². The molecule has 7 nitrogen and oxygen atoms in total. The van der Waals surface area contributed by atoms with Crippen molar-refractivity contribution >= 4 is 22.9 Å². The average Bonchev–Trinajstić information content (AvgIpc) is 3.25. The Labute approximate surface area is 154 Å². The maximum absolute atomic E-state index is 13.1. The van der Waals surface area contributed by atoms with E-state index in [-0.39, 0.29) is 17.5 Å². The van der Waals surface area contributed by atoms with E-state index >= 15 is 0 Å². The second-order valence-corrected chi connectivity index (χ2v) is 7.66. The van der Waals surface area contributed by atoms with Gasteiger partial charge in [-0.1, -0.05) is 0 Å². The molecule has 1 amide bonds. The summed E-state index contributed by atoms with van der Waals surface area (Å²) in [7, 11) is 0. The van der Waals surface area contributed by atoms with Crippen molar-refractivity contribution in [3.63, 3.8) is 0 Å². The van der Waals surface area contributed by atoms with Crippen molar-refractivity contribution in [2.75, 3.05) is 6.54 Å². The fourth-order valence-electron chi connectivity index (χ4n) is 3.54. The van der Waals surface area contributed by atoms with Crippen molar-refractivity contribution in [3.8, 4) is 0 Å². The minimum Gasteiger partial charge on any atom is -0.329 e. The second-order valence-electron chi connectivity index (χ2n) is 6.81. The lowest BCUT2D eigenvalue weighted by atomic mass is 9.99. The maximum atomic E-state index is 13.1. The fraction of sp³-hybridized carbons (Fsp3) is 0.444. The van der Waals surface area contributed by atoms with Crippen molar-refractivity contribution in [1.82, 2.24) is 24.5 Å². The fourth-order valence-corrected chi connectivity index (χ4v) is 4.30. The molecule has 1 fully saturated rings. The number of likely N-dealkylation sites (tertiary alicyclic amines) is 1. The molecule has 1 atom stereocenters. The van der Waals surface area contributed by atoms with E-state index in [1.807, 2.05) is 24.8 Å². The number of carbonyl (C=O) groups is 1. The van der Waals surface area contributed by atoms with Gasteiger partial charge in [0.05, 0.1) is 22.9 Å². The predicted molar refractivity (Wildman–Crippen MR) is 99.8 cm³/mol. The van der Waals surface area contributed by atoms with Crippen LogP contribution in [0.5, 0.6) is 0 Å². The van der Waals surface area contributed by atoms with Crippen LogP contribution in [0.1, 0.15) is 57.6 Å². The molecule has 1 unspecified atom stereocenters. The molecule has 8 heteroatoms. The van der Waals surface area contributed by atoms with Gasteiger partial charge in [0.25, 0.3) is 11.5 Å². The number of hydrogen-bond donors (Lipinski definition) is 1. The van der Waals surface area contributed by atoms with Crippen molar-refractivity contribution in [2.45, 2.75) is 46.1 Å². The van der Waals surface area contributed by atoms with Gasteiger partial charge < -0.3 is 4.90 Å². The molecule has 3 aromatic heterocycles. The number of piperidine rings is 1. The van der Waals surface area contributed by atoms with Gasteiger partial charge in [0, 0.05) is 23.9 Å². The number of fused-ring (bicyclic) bond motifs is 1. The van der Waals surface area contributed by atoms with E-state index < -0.39 is 0 Å². The Balaban J connectivity index is 1.76. The highest BCUT2D eigenvalue weighted by Crippen LogP contribution is 2.32. The van der Waals surface area contributed by atoms with Crippen LogP contribution in [0.15, 0.2) is 16.4 Å². The van der Waals surface area contributed by atoms with E-state index in [0.717, 1.165) is 36.3 Å². The Morgan fingerprint density at radius 2 is 2.08 bits per heavy atom. The van der Waals surface area contributed by atoms with Gasteiger partial charge in [0.15, 0.2) is 5.65 Å². The summed E-state index contributed by atoms with van der Waals surface area (Å²) in [6, 6.07) is 1.81. The zero-order chi connectivity index (χ0) is 18.4. The van der Waals surface area contributed by atoms with Crippen LogP contribution in [0.25, 0.3) is 5.65 Å². The zero-order valence-corrected chi connectivity index (χ0v) is 15.9. The molecule has 136 valence electrons. The first-order valence-electron chi connectivity index (χ1n) is 8.77. The normalized spacial score (nSPS) is 17.8. The summed E-state index contributed by atoms with van der Waals surface area (Å²) in [4.78, 5) is 36.9. The molecule has 0 aliphatic carbocycles. The topological polar surface area (TPSA) is 83.4 Å². The maximum Gasteiger partial charge on any atom is 0.275 e. The highest BCUT2D eigenvalue weighted by atomic mass is 32.1. The first kappa shape index (κ1) is 17.0. The minimum absolute atomic E-state index is 0.0148. The number of aryl methyl sites for hydroxylation is 2. The van der Waals surface area contributed by atoms with E-state index in [4.69, 9.17) is 0 Å². The van der Waals surface area contributed by atoms with Crippen LogP contribution in [-0.4, -0.2) is 36.9 Å². The molecular formula is C18H21N5O2S. The van der Waals surface area contributed by atoms with Crippen molar-refractivity contribution < 1.29 is 4.79 Å². The third kappa shape index (κ3) is 2.65. The number of amides is 1. The summed E-state index contributed by atoms with van der Waals surface area (Å²) < 4.78 is 1.48. The van der Waals surface area contributed by atoms with Crippen LogP contribution in [-0.2, 0) is 0 Å². The Kier molecular flexibility index (Phi) is 4.14. The number of rotatable bonds is 2. The van der Waals surface area contributed by atoms with Crippen LogP contribution >= 0.6 is 11.3 Å². The molecule has 4 rings (SSSR count). The summed E-state index contributed by atoms with van der Waals surface area (Å²) in [5.74, 6) is 0.0148. The number of aromatic amines is 1. The smallest absolute Gasteiger partial charge is 0.275 e. The molecular weight excluding hydrogens is 350 g/mol. The van der Waals surface area contributed by atoms with Crippen LogP contribution in [0.4, 0.5) is 0 Å². The molecule has 1 aliphatic rings. The monoisotopic (exact) mass is 371 g/mol. The summed E-state index contributed by atoms with van der Waals surface area (Å²) >= 11 is 1.38. The zero-order valence-electron chi connectivity index (χ0n) is 15.1. The molecule has 0 radical (unpaired) electrons. The predicted octanol–water partition coefficient (Wildman–Crippen LogP) is 2.77. The van der Waals surface area contributed by atoms with Crippen LogP contribution in [0, 0.1) is 20.8 Å². The quantitative estimate of drug-likeness (QED) is 0.751. The highest BCUT2D eigenvalue weighted by molar-refractivity contribution is 7.11. The van der Waals surface area contributed by atoms with Gasteiger partial charge in [-0.15, -0.1) is 11.3 Å². The molecule has 1 aliphatic heterocycles. The third-order valence-electron chi connectivity index (χ3n) is 5.17. The lowest BCUT2D eigenvalue weighted by Gasteiger charge is -2.34. The number of nitrogens with zero attached hydrogens (tertiary/aromatic N) is 4. The molecule has 0 bridgehead atoms. The van der Waals surface area contributed by atoms with Gasteiger partial charge in [0.1, 0.15) is 4.88 Å². The van der Waals surface area contributed by atoms with Crippen LogP contribution in [0.2, 0.25) is 0 Å². The molecule has 4 heterocycles. The van der Waals surface area contributed by atoms with Crippen molar-refractivity contribution in [2.24, 2.45) is 0 Å². The molecule has 1 N–H and O–H groups in total. The standard InChI is InChI=1S/C18H21N5O2S/c1-10-11(2)20-15-8-13(21-23(15)17(10)24)14-6-4-5-7-22(14)18(25)16-12(3)19-9-26-16/h8-9,14,21H,4-7H2,1-3H3. The summed E-state index contributed by atoms with van der Waals surface area (Å²) in [6.07, 6.45) is 2.89. The van der Waals surface area contributed by atoms with E-state index in [1.165, 1.54) is 15.9 Å². The number of H-pyrrole nitrogens is 1. The molecule has 0 spiro atoms. The largest absolute Gasteiger partial charge is 0.329 e. The molecule has 0 saturated carbocycles. The number of carbonyl (C=O) groups excluding carboxylic acids is 1. The highest BCUT2D eigenvalue weighted by Gasteiger charge is 2.31. The van der Waals surface area contributed by atoms with E-state index in [0.29, 0.717) is 22.6 Å². The third-order valence-corrected chi connectivity index (χ3v) is 6.08. The van der Waals surface area contributed by atoms with Crippen molar-refractivity contribution in [1.29, 1.82) is 0 Å². The SMILES string of the molecule is Cc1ncsc1C(=O)N1CCCCC1c1cc2nc(C)c(C)c(=O)n2[nH]1. The Bertz CT molecular complexity index is 1050. The summed E-state index contributed by atoms with van der Waals surface area (Å²) in [5, 5.41) is 3.18. The Morgan fingerprint density at radius 1 is 1.27 bits per heavy atom. The summed E-state index contributed by atoms with van der Waals surface area (Å²) in [5.41, 5.74) is 5.20. The van der Waals surface area contributed by atoms with Crippen molar-refractivity contribution in [3.05, 3.63) is 49.5 Å². The van der Waals surface area contributed by atoms with Crippen LogP contribution in [0.3, 0.4) is 0 Å². The molecule has 1 saturated heterocycles. The van der Waals surface area contributed by atoms with E-state index in [2.05, 4.69) is 15.1 Å². The molecule has 3 aromatic rings. The molecule has 0 aromatic carbocycles. The number of hydrogen-bond acceptors (Lipinski definition) is 5. The Hall–Kier alpha value is -2.48.